The Kier molecular flexibility index (Phi) is 6.43. The monoisotopic (exact) mass is 279 g/mol. The first-order chi connectivity index (χ1) is 8.95. The van der Waals surface area contributed by atoms with E-state index in [-0.39, 0.29) is 11.2 Å². The number of benzene rings is 1. The van der Waals surface area contributed by atoms with E-state index in [4.69, 9.17) is 0 Å². The molecule has 2 nitrogen and oxygen atoms in total. The second kappa shape index (κ2) is 7.59. The SMILES string of the molecule is CCCCSC(C)C(=O)Nc1c(C)cc(C)cc1C. The second-order valence-electron chi connectivity index (χ2n) is 5.13. The predicted molar refractivity (Wildman–Crippen MR) is 86.1 cm³/mol. The fraction of sp³-hybridized carbons (Fsp3) is 0.562. The van der Waals surface area contributed by atoms with Gasteiger partial charge in [0.25, 0.3) is 0 Å². The van der Waals surface area contributed by atoms with E-state index in [9.17, 15) is 4.79 Å². The van der Waals surface area contributed by atoms with Crippen molar-refractivity contribution in [2.45, 2.75) is 52.7 Å². The number of amides is 1. The highest BCUT2D eigenvalue weighted by Crippen LogP contribution is 2.23. The van der Waals surface area contributed by atoms with Gasteiger partial charge in [0.05, 0.1) is 5.25 Å². The summed E-state index contributed by atoms with van der Waals surface area (Å²) in [5.41, 5.74) is 4.48. The van der Waals surface area contributed by atoms with Crippen LogP contribution in [0.15, 0.2) is 12.1 Å². The molecule has 106 valence electrons. The fourth-order valence-electron chi connectivity index (χ4n) is 2.08. The molecule has 1 N–H and O–H groups in total. The summed E-state index contributed by atoms with van der Waals surface area (Å²) in [5.74, 6) is 1.16. The minimum atomic E-state index is 0.00616. The molecule has 0 aromatic heterocycles. The van der Waals surface area contributed by atoms with E-state index in [1.807, 2.05) is 20.8 Å². The first-order valence-electron chi connectivity index (χ1n) is 6.96. The lowest BCUT2D eigenvalue weighted by Crippen LogP contribution is -2.23. The Morgan fingerprint density at radius 2 is 1.84 bits per heavy atom. The fourth-order valence-corrected chi connectivity index (χ4v) is 3.10. The van der Waals surface area contributed by atoms with Crippen molar-refractivity contribution < 1.29 is 4.79 Å². The molecule has 0 aliphatic carbocycles. The average Bonchev–Trinajstić information content (AvgIpc) is 2.33. The summed E-state index contributed by atoms with van der Waals surface area (Å²) in [4.78, 5) is 12.2. The van der Waals surface area contributed by atoms with Crippen LogP contribution >= 0.6 is 11.8 Å². The molecular weight excluding hydrogens is 254 g/mol. The number of hydrogen-bond acceptors (Lipinski definition) is 2. The van der Waals surface area contributed by atoms with E-state index in [1.54, 1.807) is 11.8 Å². The van der Waals surface area contributed by atoms with Crippen molar-refractivity contribution >= 4 is 23.4 Å². The molecule has 0 aliphatic heterocycles. The molecule has 0 radical (unpaired) electrons. The zero-order valence-electron chi connectivity index (χ0n) is 12.7. The van der Waals surface area contributed by atoms with E-state index in [2.05, 4.69) is 31.3 Å². The van der Waals surface area contributed by atoms with Gasteiger partial charge in [-0.3, -0.25) is 4.79 Å². The third-order valence-electron chi connectivity index (χ3n) is 3.16. The van der Waals surface area contributed by atoms with E-state index in [0.29, 0.717) is 0 Å². The lowest BCUT2D eigenvalue weighted by atomic mass is 10.1. The van der Waals surface area contributed by atoms with Gasteiger partial charge in [0.2, 0.25) is 5.91 Å². The van der Waals surface area contributed by atoms with Crippen LogP contribution in [0.4, 0.5) is 5.69 Å². The van der Waals surface area contributed by atoms with Crippen LogP contribution in [0.25, 0.3) is 0 Å². The molecule has 0 bridgehead atoms. The molecule has 1 aromatic rings. The maximum absolute atomic E-state index is 12.2. The number of hydrogen-bond donors (Lipinski definition) is 1. The number of carbonyl (C=O) groups is 1. The zero-order chi connectivity index (χ0) is 14.4. The molecule has 1 aromatic carbocycles. The van der Waals surface area contributed by atoms with Crippen LogP contribution < -0.4 is 5.32 Å². The van der Waals surface area contributed by atoms with E-state index in [1.165, 1.54) is 18.4 Å². The molecule has 0 saturated carbocycles. The van der Waals surface area contributed by atoms with Crippen LogP contribution in [0.2, 0.25) is 0 Å². The standard InChI is InChI=1S/C16H25NOS/c1-6-7-8-19-14(5)16(18)17-15-12(3)9-11(2)10-13(15)4/h9-10,14H,6-8H2,1-5H3,(H,17,18). The van der Waals surface area contributed by atoms with Gasteiger partial charge in [-0.25, -0.2) is 0 Å². The van der Waals surface area contributed by atoms with Crippen molar-refractivity contribution in [1.29, 1.82) is 0 Å². The molecule has 1 atom stereocenters. The number of carbonyl (C=O) groups excluding carboxylic acids is 1. The van der Waals surface area contributed by atoms with Gasteiger partial charge in [-0.05, 0) is 51.0 Å². The molecule has 0 fully saturated rings. The molecule has 19 heavy (non-hydrogen) atoms. The molecule has 1 amide bonds. The summed E-state index contributed by atoms with van der Waals surface area (Å²) in [6.45, 7) is 10.3. The molecule has 0 aliphatic rings. The molecular formula is C16H25NOS. The summed E-state index contributed by atoms with van der Waals surface area (Å²) < 4.78 is 0. The van der Waals surface area contributed by atoms with Gasteiger partial charge >= 0.3 is 0 Å². The number of thioether (sulfide) groups is 1. The summed E-state index contributed by atoms with van der Waals surface area (Å²) in [7, 11) is 0. The smallest absolute Gasteiger partial charge is 0.237 e. The molecule has 0 heterocycles. The highest BCUT2D eigenvalue weighted by molar-refractivity contribution is 8.00. The van der Waals surface area contributed by atoms with Gasteiger partial charge in [0, 0.05) is 5.69 Å². The van der Waals surface area contributed by atoms with Crippen LogP contribution in [-0.4, -0.2) is 16.9 Å². The van der Waals surface area contributed by atoms with Crippen LogP contribution in [0.1, 0.15) is 43.4 Å². The zero-order valence-corrected chi connectivity index (χ0v) is 13.5. The highest BCUT2D eigenvalue weighted by atomic mass is 32.2. The van der Waals surface area contributed by atoms with Gasteiger partial charge in [0.1, 0.15) is 0 Å². The topological polar surface area (TPSA) is 29.1 Å². The van der Waals surface area contributed by atoms with Crippen LogP contribution in [-0.2, 0) is 4.79 Å². The lowest BCUT2D eigenvalue weighted by Gasteiger charge is -2.16. The molecule has 1 unspecified atom stereocenters. The summed E-state index contributed by atoms with van der Waals surface area (Å²) in [6, 6.07) is 4.22. The van der Waals surface area contributed by atoms with Crippen molar-refractivity contribution in [3.05, 3.63) is 28.8 Å². The third kappa shape index (κ3) is 4.90. The summed E-state index contributed by atoms with van der Waals surface area (Å²) in [5, 5.41) is 3.08. The van der Waals surface area contributed by atoms with E-state index >= 15 is 0 Å². The number of rotatable bonds is 6. The second-order valence-corrected chi connectivity index (χ2v) is 6.58. The van der Waals surface area contributed by atoms with Crippen molar-refractivity contribution in [3.8, 4) is 0 Å². The van der Waals surface area contributed by atoms with Crippen molar-refractivity contribution in [2.75, 3.05) is 11.1 Å². The van der Waals surface area contributed by atoms with Crippen LogP contribution in [0, 0.1) is 20.8 Å². The van der Waals surface area contributed by atoms with Crippen molar-refractivity contribution in [3.63, 3.8) is 0 Å². The van der Waals surface area contributed by atoms with Gasteiger partial charge < -0.3 is 5.32 Å². The lowest BCUT2D eigenvalue weighted by molar-refractivity contribution is -0.115. The van der Waals surface area contributed by atoms with Crippen molar-refractivity contribution in [1.82, 2.24) is 0 Å². The van der Waals surface area contributed by atoms with Gasteiger partial charge in [-0.1, -0.05) is 31.0 Å². The Hall–Kier alpha value is -0.960. The Balaban J connectivity index is 2.66. The molecule has 0 spiro atoms. The number of unbranched alkanes of at least 4 members (excludes halogenated alkanes) is 1. The largest absolute Gasteiger partial charge is 0.325 e. The van der Waals surface area contributed by atoms with Crippen molar-refractivity contribution in [2.24, 2.45) is 0 Å². The summed E-state index contributed by atoms with van der Waals surface area (Å²) >= 11 is 1.73. The normalized spacial score (nSPS) is 12.3. The quantitative estimate of drug-likeness (QED) is 0.778. The summed E-state index contributed by atoms with van der Waals surface area (Å²) in [6.07, 6.45) is 2.35. The number of anilines is 1. The molecule has 0 saturated heterocycles. The van der Waals surface area contributed by atoms with E-state index in [0.717, 1.165) is 22.6 Å². The Labute approximate surface area is 121 Å². The van der Waals surface area contributed by atoms with E-state index < -0.39 is 0 Å². The van der Waals surface area contributed by atoms with Gasteiger partial charge in [-0.2, -0.15) is 0 Å². The maximum atomic E-state index is 12.2. The Bertz CT molecular complexity index is 419. The highest BCUT2D eigenvalue weighted by Gasteiger charge is 2.15. The average molecular weight is 279 g/mol. The van der Waals surface area contributed by atoms with Crippen LogP contribution in [0.3, 0.4) is 0 Å². The van der Waals surface area contributed by atoms with Gasteiger partial charge in [-0.15, -0.1) is 11.8 Å². The first kappa shape index (κ1) is 16.1. The number of aryl methyl sites for hydroxylation is 3. The third-order valence-corrected chi connectivity index (χ3v) is 4.40. The minimum Gasteiger partial charge on any atom is -0.325 e. The molecule has 3 heteroatoms. The Morgan fingerprint density at radius 3 is 2.37 bits per heavy atom. The predicted octanol–water partition coefficient (Wildman–Crippen LogP) is 4.47. The minimum absolute atomic E-state index is 0.00616. The molecule has 1 rings (SSSR count). The Morgan fingerprint density at radius 1 is 1.26 bits per heavy atom. The number of nitrogens with one attached hydrogen (secondary N) is 1. The van der Waals surface area contributed by atoms with Gasteiger partial charge in [0.15, 0.2) is 0 Å². The maximum Gasteiger partial charge on any atom is 0.237 e. The van der Waals surface area contributed by atoms with Crippen LogP contribution in [0.5, 0.6) is 0 Å². The first-order valence-corrected chi connectivity index (χ1v) is 8.01.